The Hall–Kier alpha value is -2.81. The van der Waals surface area contributed by atoms with Crippen LogP contribution in [0.3, 0.4) is 0 Å². The van der Waals surface area contributed by atoms with E-state index >= 15 is 0 Å². The summed E-state index contributed by atoms with van der Waals surface area (Å²) < 4.78 is 39.5. The zero-order valence-corrected chi connectivity index (χ0v) is 17.0. The molecular weight excluding hydrogens is 413 g/mol. The molecule has 1 fully saturated rings. The van der Waals surface area contributed by atoms with Crippen LogP contribution in [0.4, 0.5) is 13.2 Å². The van der Waals surface area contributed by atoms with Crippen molar-refractivity contribution in [2.75, 3.05) is 13.1 Å². The Labute approximate surface area is 175 Å². The fourth-order valence-electron chi connectivity index (χ4n) is 3.75. The van der Waals surface area contributed by atoms with Crippen molar-refractivity contribution in [1.82, 2.24) is 19.9 Å². The van der Waals surface area contributed by atoms with Crippen molar-refractivity contribution in [3.8, 4) is 11.3 Å². The summed E-state index contributed by atoms with van der Waals surface area (Å²) >= 11 is 1.32. The van der Waals surface area contributed by atoms with Gasteiger partial charge in [0.15, 0.2) is 0 Å². The molecule has 3 heterocycles. The monoisotopic (exact) mass is 432 g/mol. The molecule has 156 valence electrons. The molecule has 1 amide bonds. The van der Waals surface area contributed by atoms with Crippen molar-refractivity contribution in [2.24, 2.45) is 0 Å². The molecular formula is C21H19F3N4OS. The van der Waals surface area contributed by atoms with E-state index in [0.717, 1.165) is 25.0 Å². The van der Waals surface area contributed by atoms with Crippen LogP contribution in [0.25, 0.3) is 11.3 Å². The third-order valence-corrected chi connectivity index (χ3v) is 6.14. The number of aromatic nitrogens is 3. The lowest BCUT2D eigenvalue weighted by molar-refractivity contribution is -0.137. The second-order valence-electron chi connectivity index (χ2n) is 7.23. The van der Waals surface area contributed by atoms with Crippen LogP contribution < -0.4 is 0 Å². The number of carbonyl (C=O) groups is 1. The molecule has 4 rings (SSSR count). The van der Waals surface area contributed by atoms with Crippen molar-refractivity contribution >= 4 is 17.2 Å². The van der Waals surface area contributed by atoms with Gasteiger partial charge >= 0.3 is 6.18 Å². The summed E-state index contributed by atoms with van der Waals surface area (Å²) in [4.78, 5) is 28.2. The summed E-state index contributed by atoms with van der Waals surface area (Å²) in [6, 6.07) is 5.12. The summed E-state index contributed by atoms with van der Waals surface area (Å²) in [7, 11) is 0. The molecule has 1 saturated heterocycles. The highest BCUT2D eigenvalue weighted by atomic mass is 32.1. The Morgan fingerprint density at radius 3 is 2.73 bits per heavy atom. The van der Waals surface area contributed by atoms with Crippen LogP contribution in [0.5, 0.6) is 0 Å². The molecule has 0 N–H and O–H groups in total. The quantitative estimate of drug-likeness (QED) is 0.588. The normalized spacial score (nSPS) is 17.2. The van der Waals surface area contributed by atoms with Gasteiger partial charge in [-0.05, 0) is 31.9 Å². The van der Waals surface area contributed by atoms with Crippen molar-refractivity contribution in [1.29, 1.82) is 0 Å². The van der Waals surface area contributed by atoms with Crippen LogP contribution in [0.15, 0.2) is 42.2 Å². The minimum Gasteiger partial charge on any atom is -0.337 e. The number of nitrogens with zero attached hydrogens (tertiary/aromatic N) is 4. The van der Waals surface area contributed by atoms with Crippen LogP contribution >= 0.6 is 11.3 Å². The lowest BCUT2D eigenvalue weighted by Crippen LogP contribution is -2.39. The fourth-order valence-corrected chi connectivity index (χ4v) is 4.52. The number of benzene rings is 1. The topological polar surface area (TPSA) is 59.0 Å². The number of amides is 1. The zero-order valence-electron chi connectivity index (χ0n) is 16.2. The number of thiazole rings is 1. The SMILES string of the molecule is Cc1ncsc1C(=O)N1CCC[C@H](c2nccnc2-c2cccc(C(F)(F)F)c2)C1. The molecule has 1 aliphatic heterocycles. The van der Waals surface area contributed by atoms with E-state index in [1.165, 1.54) is 23.6 Å². The van der Waals surface area contributed by atoms with Gasteiger partial charge in [-0.15, -0.1) is 11.3 Å². The third-order valence-electron chi connectivity index (χ3n) is 5.22. The first-order valence-corrected chi connectivity index (χ1v) is 10.4. The van der Waals surface area contributed by atoms with Crippen LogP contribution in [-0.4, -0.2) is 38.8 Å². The maximum Gasteiger partial charge on any atom is 0.416 e. The number of halogens is 3. The minimum atomic E-state index is -4.43. The van der Waals surface area contributed by atoms with E-state index in [1.807, 2.05) is 0 Å². The van der Waals surface area contributed by atoms with Crippen molar-refractivity contribution in [3.63, 3.8) is 0 Å². The first-order valence-electron chi connectivity index (χ1n) is 9.52. The molecule has 0 aliphatic carbocycles. The Balaban J connectivity index is 1.64. The molecule has 0 radical (unpaired) electrons. The van der Waals surface area contributed by atoms with Crippen LogP contribution in [-0.2, 0) is 6.18 Å². The molecule has 2 aromatic heterocycles. The molecule has 1 atom stereocenters. The number of piperidine rings is 1. The number of carbonyl (C=O) groups excluding carboxylic acids is 1. The average molecular weight is 432 g/mol. The summed E-state index contributed by atoms with van der Waals surface area (Å²) in [6.45, 7) is 2.88. The van der Waals surface area contributed by atoms with Gasteiger partial charge in [0.2, 0.25) is 0 Å². The van der Waals surface area contributed by atoms with E-state index in [0.29, 0.717) is 40.6 Å². The summed E-state index contributed by atoms with van der Waals surface area (Å²) in [5, 5.41) is 0. The number of likely N-dealkylation sites (tertiary alicyclic amines) is 1. The van der Waals surface area contributed by atoms with E-state index in [1.54, 1.807) is 29.6 Å². The van der Waals surface area contributed by atoms with E-state index in [9.17, 15) is 18.0 Å². The number of hydrogen-bond donors (Lipinski definition) is 0. The van der Waals surface area contributed by atoms with Gasteiger partial charge in [-0.2, -0.15) is 13.2 Å². The lowest BCUT2D eigenvalue weighted by Gasteiger charge is -2.33. The van der Waals surface area contributed by atoms with Crippen LogP contribution in [0.2, 0.25) is 0 Å². The molecule has 0 bridgehead atoms. The third kappa shape index (κ3) is 4.07. The Morgan fingerprint density at radius 2 is 2.00 bits per heavy atom. The van der Waals surface area contributed by atoms with Gasteiger partial charge in [0.1, 0.15) is 4.88 Å². The van der Waals surface area contributed by atoms with E-state index in [4.69, 9.17) is 0 Å². The number of alkyl halides is 3. The average Bonchev–Trinajstić information content (AvgIpc) is 3.18. The molecule has 3 aromatic rings. The largest absolute Gasteiger partial charge is 0.416 e. The number of aryl methyl sites for hydroxylation is 1. The first-order chi connectivity index (χ1) is 14.3. The second-order valence-corrected chi connectivity index (χ2v) is 8.08. The summed E-state index contributed by atoms with van der Waals surface area (Å²) in [5.74, 6) is -0.168. The molecule has 0 spiro atoms. The molecule has 5 nitrogen and oxygen atoms in total. The first kappa shape index (κ1) is 20.5. The summed E-state index contributed by atoms with van der Waals surface area (Å²) in [5.41, 5.74) is 3.05. The van der Waals surface area contributed by atoms with Gasteiger partial charge in [0.25, 0.3) is 5.91 Å². The maximum atomic E-state index is 13.2. The van der Waals surface area contributed by atoms with Crippen LogP contribution in [0.1, 0.15) is 45.4 Å². The van der Waals surface area contributed by atoms with Gasteiger partial charge in [-0.3, -0.25) is 14.8 Å². The minimum absolute atomic E-state index is 0.0655. The van der Waals surface area contributed by atoms with Crippen molar-refractivity contribution in [2.45, 2.75) is 31.9 Å². The van der Waals surface area contributed by atoms with Crippen LogP contribution in [0, 0.1) is 6.92 Å². The van der Waals surface area contributed by atoms with Gasteiger partial charge in [-0.25, -0.2) is 4.98 Å². The maximum absolute atomic E-state index is 13.2. The van der Waals surface area contributed by atoms with Gasteiger partial charge < -0.3 is 4.90 Å². The van der Waals surface area contributed by atoms with Crippen molar-refractivity contribution in [3.05, 3.63) is 64.0 Å². The predicted octanol–water partition coefficient (Wildman–Crippen LogP) is 4.95. The smallest absolute Gasteiger partial charge is 0.337 e. The molecule has 30 heavy (non-hydrogen) atoms. The Bertz CT molecular complexity index is 1070. The molecule has 0 saturated carbocycles. The zero-order chi connectivity index (χ0) is 21.3. The number of rotatable bonds is 3. The van der Waals surface area contributed by atoms with E-state index in [2.05, 4.69) is 15.0 Å². The Morgan fingerprint density at radius 1 is 1.20 bits per heavy atom. The van der Waals surface area contributed by atoms with Crippen molar-refractivity contribution < 1.29 is 18.0 Å². The second kappa shape index (κ2) is 8.14. The molecule has 1 aliphatic rings. The standard InChI is InChI=1S/C21H19F3N4OS/c1-13-19(30-12-27-13)20(29)28-9-3-5-15(11-28)18-17(25-7-8-26-18)14-4-2-6-16(10-14)21(22,23)24/h2,4,6-8,10,12,15H,3,5,9,11H2,1H3/t15-/m0/s1. The van der Waals surface area contributed by atoms with E-state index < -0.39 is 11.7 Å². The molecule has 1 aromatic carbocycles. The fraction of sp³-hybridized carbons (Fsp3) is 0.333. The predicted molar refractivity (Wildman–Crippen MR) is 107 cm³/mol. The lowest BCUT2D eigenvalue weighted by atomic mass is 9.91. The molecule has 9 heteroatoms. The highest BCUT2D eigenvalue weighted by molar-refractivity contribution is 7.11. The number of hydrogen-bond acceptors (Lipinski definition) is 5. The summed E-state index contributed by atoms with van der Waals surface area (Å²) in [6.07, 6.45) is 0.161. The van der Waals surface area contributed by atoms with Gasteiger partial charge in [0, 0.05) is 37.0 Å². The highest BCUT2D eigenvalue weighted by Crippen LogP contribution is 2.35. The Kier molecular flexibility index (Phi) is 5.55. The van der Waals surface area contributed by atoms with Gasteiger partial charge in [-0.1, -0.05) is 12.1 Å². The van der Waals surface area contributed by atoms with E-state index in [-0.39, 0.29) is 11.8 Å². The highest BCUT2D eigenvalue weighted by Gasteiger charge is 2.32. The molecule has 0 unspecified atom stereocenters. The van der Waals surface area contributed by atoms with Gasteiger partial charge in [0.05, 0.1) is 28.2 Å².